The number of carbonyl (C=O) groups is 3. The summed E-state index contributed by atoms with van der Waals surface area (Å²) in [6, 6.07) is 11.2. The number of hydrogen-bond acceptors (Lipinski definition) is 6. The van der Waals surface area contributed by atoms with Gasteiger partial charge in [-0.05, 0) is 77.0 Å². The average Bonchev–Trinajstić information content (AvgIpc) is 2.90. The van der Waals surface area contributed by atoms with Crippen LogP contribution in [0.15, 0.2) is 63.4 Å². The lowest BCUT2D eigenvalue weighted by atomic mass is 9.71. The fraction of sp³-hybridized carbons (Fsp3) is 0.367. The Morgan fingerprint density at radius 3 is 2.31 bits per heavy atom. The Hall–Kier alpha value is -3.10. The first-order valence-electron chi connectivity index (χ1n) is 13.0. The summed E-state index contributed by atoms with van der Waals surface area (Å²) < 4.78 is 12.5. The lowest BCUT2D eigenvalue weighted by Gasteiger charge is -2.44. The lowest BCUT2D eigenvalue weighted by molar-refractivity contribution is -0.137. The molecular formula is C30H29BrClNO6. The smallest absolute Gasteiger partial charge is 0.305 e. The highest BCUT2D eigenvalue weighted by molar-refractivity contribution is 9.10. The quantitative estimate of drug-likeness (QED) is 0.359. The summed E-state index contributed by atoms with van der Waals surface area (Å²) in [5.41, 5.74) is 4.56. The third-order valence-corrected chi connectivity index (χ3v) is 8.32. The highest BCUT2D eigenvalue weighted by atomic mass is 79.9. The van der Waals surface area contributed by atoms with Crippen molar-refractivity contribution in [3.8, 4) is 11.5 Å². The number of halogens is 2. The van der Waals surface area contributed by atoms with E-state index in [0.717, 1.165) is 22.5 Å². The van der Waals surface area contributed by atoms with Gasteiger partial charge >= 0.3 is 5.97 Å². The van der Waals surface area contributed by atoms with Crippen LogP contribution < -0.4 is 9.47 Å². The molecule has 0 saturated carbocycles. The van der Waals surface area contributed by atoms with Crippen molar-refractivity contribution in [2.45, 2.75) is 57.5 Å². The van der Waals surface area contributed by atoms with E-state index >= 15 is 0 Å². The Morgan fingerprint density at radius 1 is 1.05 bits per heavy atom. The van der Waals surface area contributed by atoms with Gasteiger partial charge in [-0.25, -0.2) is 0 Å². The van der Waals surface area contributed by atoms with Crippen molar-refractivity contribution in [1.82, 2.24) is 4.90 Å². The van der Waals surface area contributed by atoms with Gasteiger partial charge in [0.15, 0.2) is 23.1 Å². The van der Waals surface area contributed by atoms with Crippen LogP contribution in [0, 0.1) is 0 Å². The number of carbonyl (C=O) groups excluding carboxylic acids is 2. The molecule has 0 aromatic heterocycles. The average molecular weight is 615 g/mol. The number of allylic oxidation sites excluding steroid dienone is 4. The molecule has 39 heavy (non-hydrogen) atoms. The van der Waals surface area contributed by atoms with Crippen LogP contribution >= 0.6 is 27.5 Å². The molecule has 1 N–H and O–H groups in total. The number of rotatable bonds is 8. The van der Waals surface area contributed by atoms with Crippen LogP contribution in [0.3, 0.4) is 0 Å². The Labute approximate surface area is 240 Å². The molecule has 0 saturated heterocycles. The third kappa shape index (κ3) is 5.50. The molecule has 0 bridgehead atoms. The van der Waals surface area contributed by atoms with E-state index in [0.29, 0.717) is 70.7 Å². The molecule has 0 atom stereocenters. The second-order valence-corrected chi connectivity index (χ2v) is 11.2. The molecule has 0 unspecified atom stereocenters. The number of nitrogens with zero attached hydrogens (tertiary/aromatic N) is 1. The zero-order valence-electron chi connectivity index (χ0n) is 21.6. The van der Waals surface area contributed by atoms with Crippen molar-refractivity contribution >= 4 is 45.1 Å². The van der Waals surface area contributed by atoms with E-state index in [2.05, 4.69) is 15.9 Å². The molecule has 1 aliphatic heterocycles. The van der Waals surface area contributed by atoms with Crippen molar-refractivity contribution in [2.24, 2.45) is 0 Å². The van der Waals surface area contributed by atoms with Gasteiger partial charge in [0.25, 0.3) is 0 Å². The molecule has 9 heteroatoms. The van der Waals surface area contributed by atoms with Crippen LogP contribution in [0.1, 0.15) is 62.0 Å². The van der Waals surface area contributed by atoms with Gasteiger partial charge in [-0.1, -0.05) is 23.7 Å². The van der Waals surface area contributed by atoms with Gasteiger partial charge in [0, 0.05) is 52.9 Å². The zero-order valence-corrected chi connectivity index (χ0v) is 23.9. The number of benzene rings is 2. The van der Waals surface area contributed by atoms with Crippen LogP contribution in [-0.4, -0.2) is 41.2 Å². The van der Waals surface area contributed by atoms with Gasteiger partial charge < -0.3 is 19.5 Å². The minimum Gasteiger partial charge on any atom is -0.493 e. The SMILES string of the molecule is COc1cc(C2C3=C(CCCC3=O)N(CCC(=O)O)C3=C2C(=O)CCC3)cc(Br)c1OCc1cccc(Cl)c1. The molecule has 2 aromatic carbocycles. The third-order valence-electron chi connectivity index (χ3n) is 7.49. The predicted molar refractivity (Wildman–Crippen MR) is 150 cm³/mol. The molecule has 0 amide bonds. The number of carboxylic acid groups (broad SMARTS) is 1. The summed E-state index contributed by atoms with van der Waals surface area (Å²) in [4.78, 5) is 40.3. The number of Topliss-reactive ketones (excluding diaryl/α,β-unsaturated/α-hetero) is 2. The maximum atomic E-state index is 13.5. The first-order chi connectivity index (χ1) is 18.8. The molecule has 0 fully saturated rings. The van der Waals surface area contributed by atoms with Crippen molar-refractivity contribution in [3.05, 3.63) is 79.6 Å². The Balaban J connectivity index is 1.59. The molecule has 0 spiro atoms. The first kappa shape index (κ1) is 27.5. The van der Waals surface area contributed by atoms with Crippen molar-refractivity contribution < 1.29 is 29.0 Å². The maximum Gasteiger partial charge on any atom is 0.305 e. The molecule has 2 aliphatic carbocycles. The van der Waals surface area contributed by atoms with E-state index in [1.807, 2.05) is 35.2 Å². The summed E-state index contributed by atoms with van der Waals surface area (Å²) in [5, 5.41) is 10.0. The molecule has 7 nitrogen and oxygen atoms in total. The molecule has 204 valence electrons. The fourth-order valence-corrected chi connectivity index (χ4v) is 6.64. The molecule has 5 rings (SSSR count). The summed E-state index contributed by atoms with van der Waals surface area (Å²) >= 11 is 9.76. The number of hydrogen-bond donors (Lipinski definition) is 1. The van der Waals surface area contributed by atoms with Crippen LogP contribution in [-0.2, 0) is 21.0 Å². The van der Waals surface area contributed by atoms with Crippen LogP contribution in [0.25, 0.3) is 0 Å². The highest BCUT2D eigenvalue weighted by Gasteiger charge is 2.43. The van der Waals surface area contributed by atoms with E-state index in [1.165, 1.54) is 0 Å². The highest BCUT2D eigenvalue weighted by Crippen LogP contribution is 2.51. The van der Waals surface area contributed by atoms with Gasteiger partial charge in [-0.3, -0.25) is 14.4 Å². The van der Waals surface area contributed by atoms with Gasteiger partial charge in [0.1, 0.15) is 6.61 Å². The molecular weight excluding hydrogens is 586 g/mol. The molecule has 2 aromatic rings. The summed E-state index contributed by atoms with van der Waals surface area (Å²) in [7, 11) is 1.55. The molecule has 1 heterocycles. The number of aliphatic carboxylic acids is 1. The summed E-state index contributed by atoms with van der Waals surface area (Å²) in [6.45, 7) is 0.516. The minimum absolute atomic E-state index is 0.00266. The van der Waals surface area contributed by atoms with Gasteiger partial charge in [-0.15, -0.1) is 0 Å². The lowest BCUT2D eigenvalue weighted by Crippen LogP contribution is -2.39. The summed E-state index contributed by atoms with van der Waals surface area (Å²) in [5.74, 6) is -0.457. The standard InChI is InChI=1S/C30H29BrClNO6/c1-38-25-15-18(14-20(31)30(25)39-16-17-5-2-6-19(32)13-17)27-28-21(7-3-9-23(28)34)33(12-11-26(36)37)22-8-4-10-24(35)29(22)27/h2,5-6,13-15,27H,3-4,7-12,16H2,1H3,(H,36,37). The van der Waals surface area contributed by atoms with E-state index in [1.54, 1.807) is 13.2 Å². The van der Waals surface area contributed by atoms with Gasteiger partial charge in [-0.2, -0.15) is 0 Å². The first-order valence-corrected chi connectivity index (χ1v) is 14.2. The van der Waals surface area contributed by atoms with Crippen LogP contribution in [0.5, 0.6) is 11.5 Å². The second-order valence-electron chi connectivity index (χ2n) is 9.96. The number of ether oxygens (including phenoxy) is 2. The Bertz CT molecular complexity index is 1370. The molecule has 0 radical (unpaired) electrons. The van der Waals surface area contributed by atoms with Crippen molar-refractivity contribution in [1.29, 1.82) is 0 Å². The largest absolute Gasteiger partial charge is 0.493 e. The second kappa shape index (κ2) is 11.6. The topological polar surface area (TPSA) is 93.1 Å². The van der Waals surface area contributed by atoms with E-state index in [4.69, 9.17) is 21.1 Å². The van der Waals surface area contributed by atoms with Gasteiger partial charge in [0.05, 0.1) is 18.0 Å². The van der Waals surface area contributed by atoms with Crippen LogP contribution in [0.2, 0.25) is 5.02 Å². The fourth-order valence-electron chi connectivity index (χ4n) is 5.86. The van der Waals surface area contributed by atoms with E-state index in [9.17, 15) is 19.5 Å². The minimum atomic E-state index is -0.910. The van der Waals surface area contributed by atoms with Crippen molar-refractivity contribution in [2.75, 3.05) is 13.7 Å². The predicted octanol–water partition coefficient (Wildman–Crippen LogP) is 6.58. The van der Waals surface area contributed by atoms with Crippen LogP contribution in [0.4, 0.5) is 0 Å². The van der Waals surface area contributed by atoms with E-state index < -0.39 is 11.9 Å². The zero-order chi connectivity index (χ0) is 27.7. The number of ketones is 2. The maximum absolute atomic E-state index is 13.5. The Kier molecular flexibility index (Phi) is 8.14. The van der Waals surface area contributed by atoms with Gasteiger partial charge in [0.2, 0.25) is 0 Å². The van der Waals surface area contributed by atoms with Crippen molar-refractivity contribution in [3.63, 3.8) is 0 Å². The normalized spacial score (nSPS) is 17.8. The monoisotopic (exact) mass is 613 g/mol. The Morgan fingerprint density at radius 2 is 1.72 bits per heavy atom. The number of carboxylic acids is 1. The number of methoxy groups -OCH3 is 1. The summed E-state index contributed by atoms with van der Waals surface area (Å²) in [6.07, 6.45) is 3.47. The molecule has 3 aliphatic rings. The van der Waals surface area contributed by atoms with E-state index in [-0.39, 0.29) is 31.1 Å².